The lowest BCUT2D eigenvalue weighted by molar-refractivity contribution is -0.141. The fourth-order valence-electron chi connectivity index (χ4n) is 2.86. The molecule has 0 unspecified atom stereocenters. The van der Waals surface area contributed by atoms with Crippen molar-refractivity contribution < 1.29 is 19.5 Å². The molecule has 7 heteroatoms. The van der Waals surface area contributed by atoms with Crippen LogP contribution in [-0.4, -0.2) is 76.5 Å². The number of hydrogen-bond acceptors (Lipinski definition) is 3. The Labute approximate surface area is 118 Å². The molecule has 0 aromatic heterocycles. The minimum Gasteiger partial charge on any atom is -0.480 e. The van der Waals surface area contributed by atoms with Crippen LogP contribution in [0.3, 0.4) is 0 Å². The Hall–Kier alpha value is -1.79. The van der Waals surface area contributed by atoms with Crippen LogP contribution in [0, 0.1) is 0 Å². The normalized spacial score (nSPS) is 23.6. The molecule has 0 saturated carbocycles. The summed E-state index contributed by atoms with van der Waals surface area (Å²) in [7, 11) is 0. The van der Waals surface area contributed by atoms with E-state index in [-0.39, 0.29) is 11.9 Å². The van der Waals surface area contributed by atoms with Crippen LogP contribution in [0.4, 0.5) is 4.79 Å². The van der Waals surface area contributed by atoms with Crippen LogP contribution in [0.15, 0.2) is 0 Å². The van der Waals surface area contributed by atoms with Crippen molar-refractivity contribution in [3.63, 3.8) is 0 Å². The van der Waals surface area contributed by atoms with Crippen molar-refractivity contribution in [3.05, 3.63) is 0 Å². The van der Waals surface area contributed by atoms with E-state index in [9.17, 15) is 14.4 Å². The molecular formula is C13H21N3O4. The van der Waals surface area contributed by atoms with Crippen molar-refractivity contribution in [2.24, 2.45) is 0 Å². The number of aliphatic carboxylic acids is 1. The maximum absolute atomic E-state index is 12.4. The van der Waals surface area contributed by atoms with Crippen LogP contribution in [0.2, 0.25) is 0 Å². The Bertz CT molecular complexity index is 412. The largest absolute Gasteiger partial charge is 0.480 e. The van der Waals surface area contributed by atoms with E-state index in [1.54, 1.807) is 9.80 Å². The zero-order chi connectivity index (χ0) is 14.7. The third-order valence-electron chi connectivity index (χ3n) is 4.00. The number of carbonyl (C=O) groups is 3. The number of carboxylic acid groups (broad SMARTS) is 1. The predicted octanol–water partition coefficient (Wildman–Crippen LogP) is 0.210. The number of hydrogen-bond donors (Lipinski definition) is 1. The second-order valence-electron chi connectivity index (χ2n) is 5.32. The van der Waals surface area contributed by atoms with Crippen molar-refractivity contribution in [1.82, 2.24) is 14.7 Å². The van der Waals surface area contributed by atoms with Gasteiger partial charge in [0.05, 0.1) is 0 Å². The van der Waals surface area contributed by atoms with Gasteiger partial charge < -0.3 is 19.8 Å². The molecule has 2 fully saturated rings. The van der Waals surface area contributed by atoms with Crippen LogP contribution in [0.1, 0.15) is 26.2 Å². The molecule has 2 aliphatic rings. The van der Waals surface area contributed by atoms with E-state index in [0.29, 0.717) is 39.1 Å². The summed E-state index contributed by atoms with van der Waals surface area (Å²) in [6.45, 7) is 4.25. The molecule has 112 valence electrons. The van der Waals surface area contributed by atoms with Crippen LogP contribution in [0.25, 0.3) is 0 Å². The standard InChI is InChI=1S/C13H21N3O4/c1-10(17)14-5-3-6-15(9-8-14)13(20)16-7-2-4-11(16)12(18)19/h11H,2-9H2,1H3,(H,18,19)/t11-/m0/s1. The van der Waals surface area contributed by atoms with E-state index in [4.69, 9.17) is 5.11 Å². The number of rotatable bonds is 1. The maximum atomic E-state index is 12.4. The van der Waals surface area contributed by atoms with Crippen molar-refractivity contribution in [1.29, 1.82) is 0 Å². The van der Waals surface area contributed by atoms with Gasteiger partial charge in [-0.2, -0.15) is 0 Å². The molecular weight excluding hydrogens is 262 g/mol. The van der Waals surface area contributed by atoms with Gasteiger partial charge in [0.1, 0.15) is 6.04 Å². The van der Waals surface area contributed by atoms with E-state index in [1.807, 2.05) is 0 Å². The number of amides is 3. The Morgan fingerprint density at radius 1 is 0.950 bits per heavy atom. The molecule has 3 amide bonds. The summed E-state index contributed by atoms with van der Waals surface area (Å²) >= 11 is 0. The molecule has 2 saturated heterocycles. The second-order valence-corrected chi connectivity index (χ2v) is 5.32. The van der Waals surface area contributed by atoms with Gasteiger partial charge in [0.2, 0.25) is 5.91 Å². The predicted molar refractivity (Wildman–Crippen MR) is 71.2 cm³/mol. The number of carboxylic acids is 1. The molecule has 0 aromatic rings. The molecule has 0 bridgehead atoms. The van der Waals surface area contributed by atoms with E-state index in [1.165, 1.54) is 11.8 Å². The zero-order valence-corrected chi connectivity index (χ0v) is 11.7. The molecule has 1 N–H and O–H groups in total. The Kier molecular flexibility index (Phi) is 4.46. The number of urea groups is 1. The summed E-state index contributed by atoms with van der Waals surface area (Å²) < 4.78 is 0. The van der Waals surface area contributed by atoms with Gasteiger partial charge in [-0.15, -0.1) is 0 Å². The highest BCUT2D eigenvalue weighted by Crippen LogP contribution is 2.20. The molecule has 0 radical (unpaired) electrons. The second kappa shape index (κ2) is 6.11. The molecule has 1 atom stereocenters. The van der Waals surface area contributed by atoms with E-state index < -0.39 is 12.0 Å². The van der Waals surface area contributed by atoms with Gasteiger partial charge in [0, 0.05) is 39.6 Å². The average molecular weight is 283 g/mol. The first-order valence-electron chi connectivity index (χ1n) is 7.04. The van der Waals surface area contributed by atoms with Crippen LogP contribution in [0.5, 0.6) is 0 Å². The van der Waals surface area contributed by atoms with E-state index >= 15 is 0 Å². The fourth-order valence-corrected chi connectivity index (χ4v) is 2.86. The van der Waals surface area contributed by atoms with Crippen LogP contribution >= 0.6 is 0 Å². The molecule has 7 nitrogen and oxygen atoms in total. The Morgan fingerprint density at radius 3 is 2.25 bits per heavy atom. The lowest BCUT2D eigenvalue weighted by Crippen LogP contribution is -2.49. The molecule has 2 rings (SSSR count). The molecule has 20 heavy (non-hydrogen) atoms. The highest BCUT2D eigenvalue weighted by Gasteiger charge is 2.36. The van der Waals surface area contributed by atoms with E-state index in [2.05, 4.69) is 0 Å². The molecule has 0 aliphatic carbocycles. The number of carbonyl (C=O) groups excluding carboxylic acids is 2. The van der Waals surface area contributed by atoms with Gasteiger partial charge in [0.15, 0.2) is 0 Å². The number of likely N-dealkylation sites (tertiary alicyclic amines) is 1. The van der Waals surface area contributed by atoms with Gasteiger partial charge in [-0.25, -0.2) is 9.59 Å². The first kappa shape index (κ1) is 14.6. The molecule has 2 aliphatic heterocycles. The minimum absolute atomic E-state index is 0.0175. The van der Waals surface area contributed by atoms with Gasteiger partial charge >= 0.3 is 12.0 Å². The monoisotopic (exact) mass is 283 g/mol. The first-order valence-corrected chi connectivity index (χ1v) is 7.04. The lowest BCUT2D eigenvalue weighted by atomic mass is 10.2. The summed E-state index contributed by atoms with van der Waals surface area (Å²) in [4.78, 5) is 39.8. The van der Waals surface area contributed by atoms with Crippen LogP contribution in [-0.2, 0) is 9.59 Å². The third-order valence-corrected chi connectivity index (χ3v) is 4.00. The summed E-state index contributed by atoms with van der Waals surface area (Å²) in [5, 5.41) is 9.14. The number of nitrogens with zero attached hydrogens (tertiary/aromatic N) is 3. The third kappa shape index (κ3) is 3.02. The molecule has 0 spiro atoms. The van der Waals surface area contributed by atoms with Gasteiger partial charge in [-0.3, -0.25) is 4.79 Å². The average Bonchev–Trinajstić information content (AvgIpc) is 2.75. The lowest BCUT2D eigenvalue weighted by Gasteiger charge is -2.29. The smallest absolute Gasteiger partial charge is 0.326 e. The molecule has 2 heterocycles. The van der Waals surface area contributed by atoms with E-state index in [0.717, 1.165) is 12.8 Å². The summed E-state index contributed by atoms with van der Waals surface area (Å²) in [6, 6.07) is -0.907. The molecule has 0 aromatic carbocycles. The highest BCUT2D eigenvalue weighted by molar-refractivity contribution is 5.83. The fraction of sp³-hybridized carbons (Fsp3) is 0.769. The Morgan fingerprint density at radius 2 is 1.60 bits per heavy atom. The van der Waals surface area contributed by atoms with Crippen molar-refractivity contribution in [2.45, 2.75) is 32.2 Å². The summed E-state index contributed by atoms with van der Waals surface area (Å²) in [6.07, 6.45) is 1.99. The van der Waals surface area contributed by atoms with Gasteiger partial charge in [0.25, 0.3) is 0 Å². The van der Waals surface area contributed by atoms with Crippen molar-refractivity contribution >= 4 is 17.9 Å². The summed E-state index contributed by atoms with van der Waals surface area (Å²) in [5.74, 6) is -0.917. The zero-order valence-electron chi connectivity index (χ0n) is 11.7. The highest BCUT2D eigenvalue weighted by atomic mass is 16.4. The van der Waals surface area contributed by atoms with Gasteiger partial charge in [-0.05, 0) is 19.3 Å². The van der Waals surface area contributed by atoms with Crippen molar-refractivity contribution in [3.8, 4) is 0 Å². The quantitative estimate of drug-likeness (QED) is 0.746. The minimum atomic E-state index is -0.934. The van der Waals surface area contributed by atoms with Gasteiger partial charge in [-0.1, -0.05) is 0 Å². The van der Waals surface area contributed by atoms with Crippen molar-refractivity contribution in [2.75, 3.05) is 32.7 Å². The Balaban J connectivity index is 1.98. The first-order chi connectivity index (χ1) is 9.50. The maximum Gasteiger partial charge on any atom is 0.326 e. The summed E-state index contributed by atoms with van der Waals surface area (Å²) in [5.41, 5.74) is 0. The van der Waals surface area contributed by atoms with Crippen LogP contribution < -0.4 is 0 Å². The SMILES string of the molecule is CC(=O)N1CCCN(C(=O)N2CCC[C@H]2C(=O)O)CC1. The topological polar surface area (TPSA) is 81.2 Å².